The number of rotatable bonds is 20. The van der Waals surface area contributed by atoms with Gasteiger partial charge in [0.1, 0.15) is 0 Å². The van der Waals surface area contributed by atoms with E-state index in [2.05, 4.69) is 480 Å². The predicted octanol–water partition coefficient (Wildman–Crippen LogP) is 31.3. The van der Waals surface area contributed by atoms with Crippen LogP contribution in [0.5, 0.6) is 0 Å². The lowest BCUT2D eigenvalue weighted by Crippen LogP contribution is -2.14. The lowest BCUT2D eigenvalue weighted by molar-refractivity contribution is 0.827. The minimum atomic E-state index is 0.831. The fourth-order valence-electron chi connectivity index (χ4n) is 17.7. The van der Waals surface area contributed by atoms with Crippen LogP contribution >= 0.6 is 0 Å². The summed E-state index contributed by atoms with van der Waals surface area (Å²) in [7, 11) is 0. The van der Waals surface area contributed by atoms with Crippen LogP contribution in [-0.4, -0.2) is 4.57 Å². The number of para-hydroxylation sites is 5. The summed E-state index contributed by atoms with van der Waals surface area (Å²) < 4.78 is 2.47. The van der Waals surface area contributed by atoms with Crippen molar-refractivity contribution in [1.82, 2.24) is 4.57 Å². The van der Waals surface area contributed by atoms with Gasteiger partial charge in [0.15, 0.2) is 0 Å². The Morgan fingerprint density at radius 1 is 0.198 bits per heavy atom. The molecule has 1 heterocycles. The lowest BCUT2D eigenvalue weighted by atomic mass is 9.87. The standard InChI is InChI=1S/C109H83N7/c1-5-110-104-65-61-95(115(85-38-17-9-18-39-85)106-46-26-30-78-29-21-22-44-98(78)106)73-102(104)103-74-96(62-66-105(103)110)116(86-40-19-10-20-41-86)107-64-48-80-72-101(99-45-25-31-79-47-63-100(107)109(80)108(79)99)81-67-77(4)70-97(71-81)114(84-36-15-8-16-37-84)92-59-53-89(54-60-92)111(87-49-55-90(56-50-87)112(82-32-11-6-12-33-82)93-42-23-27-75(2)68-93)88-51-57-91(58-52-88)113(83-34-13-7-14-35-83)94-43-24-28-76(3)69-94/h6-74H,5H2,1-4H3. The molecule has 0 unspecified atom stereocenters. The van der Waals surface area contributed by atoms with Crippen molar-refractivity contribution in [3.8, 4) is 11.1 Å². The molecule has 0 saturated carbocycles. The molecule has 0 saturated heterocycles. The quantitative estimate of drug-likeness (QED) is 0.0705. The number of hydrogen-bond acceptors (Lipinski definition) is 6. The van der Waals surface area contributed by atoms with Crippen LogP contribution in [0, 0.1) is 20.8 Å². The second-order valence-corrected chi connectivity index (χ2v) is 30.2. The van der Waals surface area contributed by atoms with Crippen molar-refractivity contribution >= 4 is 167 Å². The molecule has 20 rings (SSSR count). The first kappa shape index (κ1) is 70.2. The Morgan fingerprint density at radius 2 is 0.534 bits per heavy atom. The van der Waals surface area contributed by atoms with Gasteiger partial charge in [0.25, 0.3) is 0 Å². The molecule has 7 heteroatoms. The highest BCUT2D eigenvalue weighted by atomic mass is 15.2. The maximum Gasteiger partial charge on any atom is 0.0540 e. The maximum atomic E-state index is 2.47. The summed E-state index contributed by atoms with van der Waals surface area (Å²) in [5.41, 5.74) is 27.7. The fraction of sp³-hybridized carbons (Fsp3) is 0.0459. The van der Waals surface area contributed by atoms with E-state index < -0.39 is 0 Å². The largest absolute Gasteiger partial charge is 0.341 e. The number of aromatic nitrogens is 1. The summed E-state index contributed by atoms with van der Waals surface area (Å²) in [6.07, 6.45) is 0. The van der Waals surface area contributed by atoms with Crippen LogP contribution in [0.2, 0.25) is 0 Å². The van der Waals surface area contributed by atoms with Gasteiger partial charge in [-0.05, 0) is 312 Å². The molecule has 0 aliphatic rings. The summed E-state index contributed by atoms with van der Waals surface area (Å²) >= 11 is 0. The summed E-state index contributed by atoms with van der Waals surface area (Å²) in [4.78, 5) is 14.3. The number of anilines is 18. The molecule has 7 nitrogen and oxygen atoms in total. The monoisotopic (exact) mass is 1490 g/mol. The molecule has 20 aromatic rings. The van der Waals surface area contributed by atoms with E-state index in [1.165, 1.54) is 81.6 Å². The van der Waals surface area contributed by atoms with Gasteiger partial charge in [0.2, 0.25) is 0 Å². The van der Waals surface area contributed by atoms with E-state index in [1.807, 2.05) is 0 Å². The Balaban J connectivity index is 0.683. The van der Waals surface area contributed by atoms with Crippen LogP contribution in [0.15, 0.2) is 419 Å². The third kappa shape index (κ3) is 12.9. The normalized spacial score (nSPS) is 11.5. The third-order valence-electron chi connectivity index (χ3n) is 22.9. The smallest absolute Gasteiger partial charge is 0.0540 e. The van der Waals surface area contributed by atoms with E-state index >= 15 is 0 Å². The number of nitrogens with zero attached hydrogens (tertiary/aromatic N) is 7. The van der Waals surface area contributed by atoms with E-state index in [0.29, 0.717) is 0 Å². The molecule has 0 amide bonds. The van der Waals surface area contributed by atoms with Gasteiger partial charge in [0.05, 0.1) is 11.4 Å². The van der Waals surface area contributed by atoms with Crippen LogP contribution in [0.3, 0.4) is 0 Å². The molecule has 0 radical (unpaired) electrons. The Morgan fingerprint density at radius 3 is 1.01 bits per heavy atom. The first-order chi connectivity index (χ1) is 57.2. The zero-order valence-electron chi connectivity index (χ0n) is 65.2. The van der Waals surface area contributed by atoms with Crippen molar-refractivity contribution in [2.75, 3.05) is 29.4 Å². The molecular weight excluding hydrogens is 1410 g/mol. The van der Waals surface area contributed by atoms with E-state index in [-0.39, 0.29) is 0 Å². The molecule has 0 aliphatic carbocycles. The number of benzene rings is 19. The second kappa shape index (κ2) is 30.0. The molecule has 0 N–H and O–H groups in total. The predicted molar refractivity (Wildman–Crippen MR) is 494 cm³/mol. The van der Waals surface area contributed by atoms with Gasteiger partial charge in [-0.1, -0.05) is 194 Å². The molecular formula is C109H83N7. The number of aryl methyl sites for hydroxylation is 4. The third-order valence-corrected chi connectivity index (χ3v) is 22.9. The van der Waals surface area contributed by atoms with Gasteiger partial charge in [0, 0.05) is 130 Å². The summed E-state index contributed by atoms with van der Waals surface area (Å²) in [6.45, 7) is 9.63. The SMILES string of the molecule is CCn1c2ccc(N(c3ccccc3)c3cccc4ccccc34)cc2c2cc(N(c3ccccc3)c3ccc4cc(-c5cc(C)cc(N(c6ccccc6)c6ccc(N(c7ccc(N(c8ccccc8)c8cccc(C)c8)cc7)c7ccc(N(c8ccccc8)c8cccc(C)c8)cc7)cc6)c5)c5cccc6ccc3c4c65)ccc21. The van der Waals surface area contributed by atoms with Crippen molar-refractivity contribution in [1.29, 1.82) is 0 Å². The molecule has 1 aromatic heterocycles. The van der Waals surface area contributed by atoms with Gasteiger partial charge in [-0.15, -0.1) is 0 Å². The van der Waals surface area contributed by atoms with Crippen LogP contribution in [0.1, 0.15) is 23.6 Å². The Hall–Kier alpha value is -14.9. The highest BCUT2D eigenvalue weighted by Crippen LogP contribution is 2.51. The molecule has 0 fully saturated rings. The van der Waals surface area contributed by atoms with Crippen LogP contribution in [0.25, 0.3) is 76.0 Å². The molecule has 0 aliphatic heterocycles. The van der Waals surface area contributed by atoms with Crippen molar-refractivity contribution in [2.24, 2.45) is 0 Å². The van der Waals surface area contributed by atoms with Gasteiger partial charge < -0.3 is 34.0 Å². The van der Waals surface area contributed by atoms with Gasteiger partial charge >= 0.3 is 0 Å². The van der Waals surface area contributed by atoms with Crippen LogP contribution in [0.4, 0.5) is 102 Å². The summed E-state index contributed by atoms with van der Waals surface area (Å²) in [5.74, 6) is 0. The Labute approximate surface area is 677 Å². The number of hydrogen-bond donors (Lipinski definition) is 0. The molecule has 0 atom stereocenters. The highest BCUT2D eigenvalue weighted by Gasteiger charge is 2.26. The van der Waals surface area contributed by atoms with Crippen molar-refractivity contribution < 1.29 is 0 Å². The number of fused-ring (bicyclic) bond motifs is 4. The van der Waals surface area contributed by atoms with Gasteiger partial charge in [-0.2, -0.15) is 0 Å². The van der Waals surface area contributed by atoms with E-state index in [1.54, 1.807) is 0 Å². The van der Waals surface area contributed by atoms with E-state index in [4.69, 9.17) is 0 Å². The average molecular weight is 1490 g/mol. The topological polar surface area (TPSA) is 24.4 Å². The molecule has 554 valence electrons. The fourth-order valence-corrected chi connectivity index (χ4v) is 17.7. The van der Waals surface area contributed by atoms with Crippen molar-refractivity contribution in [3.63, 3.8) is 0 Å². The Kier molecular flexibility index (Phi) is 18.1. The summed E-state index contributed by atoms with van der Waals surface area (Å²) in [5, 5.41) is 12.1. The van der Waals surface area contributed by atoms with Crippen molar-refractivity contribution in [2.45, 2.75) is 34.2 Å². The minimum absolute atomic E-state index is 0.831. The maximum absolute atomic E-state index is 2.47. The molecule has 0 spiro atoms. The van der Waals surface area contributed by atoms with Gasteiger partial charge in [-0.3, -0.25) is 0 Å². The lowest BCUT2D eigenvalue weighted by Gasteiger charge is -2.30. The van der Waals surface area contributed by atoms with Crippen molar-refractivity contribution in [3.05, 3.63) is 435 Å². The highest BCUT2D eigenvalue weighted by molar-refractivity contribution is 6.29. The summed E-state index contributed by atoms with van der Waals surface area (Å²) in [6, 6.07) is 154. The molecule has 116 heavy (non-hydrogen) atoms. The first-order valence-electron chi connectivity index (χ1n) is 40.1. The molecule has 0 bridgehead atoms. The van der Waals surface area contributed by atoms with E-state index in [9.17, 15) is 0 Å². The van der Waals surface area contributed by atoms with Gasteiger partial charge in [-0.25, -0.2) is 0 Å². The average Bonchev–Trinajstić information content (AvgIpc) is 1.26. The second-order valence-electron chi connectivity index (χ2n) is 30.2. The minimum Gasteiger partial charge on any atom is -0.341 e. The Bertz CT molecular complexity index is 6830. The molecule has 19 aromatic carbocycles. The van der Waals surface area contributed by atoms with Crippen LogP contribution in [-0.2, 0) is 6.54 Å². The first-order valence-corrected chi connectivity index (χ1v) is 40.1. The van der Waals surface area contributed by atoms with Crippen LogP contribution < -0.4 is 29.4 Å². The van der Waals surface area contributed by atoms with E-state index in [0.717, 1.165) is 120 Å². The zero-order valence-corrected chi connectivity index (χ0v) is 65.2. The zero-order chi connectivity index (χ0) is 77.7.